The lowest BCUT2D eigenvalue weighted by atomic mass is 10.2. The zero-order chi connectivity index (χ0) is 19.9. The lowest BCUT2D eigenvalue weighted by Crippen LogP contribution is -2.49. The number of methoxy groups -OCH3 is 1. The molecule has 1 aliphatic rings. The fourth-order valence-electron chi connectivity index (χ4n) is 3.12. The number of benzene rings is 2. The van der Waals surface area contributed by atoms with Gasteiger partial charge in [-0.2, -0.15) is 0 Å². The molecule has 7 heteroatoms. The first-order chi connectivity index (χ1) is 13.6. The van der Waals surface area contributed by atoms with Gasteiger partial charge in [0.2, 0.25) is 0 Å². The molecule has 1 aliphatic heterocycles. The van der Waals surface area contributed by atoms with Crippen molar-refractivity contribution in [2.45, 2.75) is 4.90 Å². The number of esters is 1. The summed E-state index contributed by atoms with van der Waals surface area (Å²) in [6.45, 7) is 2.44. The predicted molar refractivity (Wildman–Crippen MR) is 110 cm³/mol. The first-order valence-corrected chi connectivity index (χ1v) is 10.3. The maximum absolute atomic E-state index is 12.4. The van der Waals surface area contributed by atoms with Crippen molar-refractivity contribution < 1.29 is 19.1 Å². The highest BCUT2D eigenvalue weighted by molar-refractivity contribution is 7.98. The van der Waals surface area contributed by atoms with Crippen LogP contribution in [0.2, 0.25) is 0 Å². The van der Waals surface area contributed by atoms with Gasteiger partial charge in [-0.3, -0.25) is 4.79 Å². The second kappa shape index (κ2) is 9.50. The standard InChI is InChI=1S/C21H24N2O4S/c1-26-17-9-7-16(8-10-17)22-11-13-23(14-12-22)20(24)15-27-21(25)18-5-3-4-6-19(18)28-2/h3-10H,11-15H2,1-2H3. The molecule has 0 spiro atoms. The smallest absolute Gasteiger partial charge is 0.339 e. The molecule has 2 aromatic carbocycles. The molecule has 28 heavy (non-hydrogen) atoms. The number of rotatable bonds is 6. The van der Waals surface area contributed by atoms with E-state index in [1.54, 1.807) is 24.1 Å². The summed E-state index contributed by atoms with van der Waals surface area (Å²) in [5, 5.41) is 0. The predicted octanol–water partition coefficient (Wildman–Crippen LogP) is 2.92. The number of thioether (sulfide) groups is 1. The molecule has 0 bridgehead atoms. The van der Waals surface area contributed by atoms with Crippen LogP contribution in [0.5, 0.6) is 5.75 Å². The van der Waals surface area contributed by atoms with Crippen LogP contribution in [0.15, 0.2) is 53.4 Å². The van der Waals surface area contributed by atoms with Crippen molar-refractivity contribution in [1.29, 1.82) is 0 Å². The van der Waals surface area contributed by atoms with Gasteiger partial charge in [-0.25, -0.2) is 4.79 Å². The molecule has 148 valence electrons. The maximum Gasteiger partial charge on any atom is 0.339 e. The monoisotopic (exact) mass is 400 g/mol. The van der Waals surface area contributed by atoms with E-state index in [0.29, 0.717) is 18.7 Å². The van der Waals surface area contributed by atoms with Crippen molar-refractivity contribution in [3.05, 3.63) is 54.1 Å². The molecule has 1 fully saturated rings. The number of piperazine rings is 1. The fraction of sp³-hybridized carbons (Fsp3) is 0.333. The van der Waals surface area contributed by atoms with Crippen molar-refractivity contribution in [2.75, 3.05) is 51.1 Å². The normalized spacial score (nSPS) is 13.9. The van der Waals surface area contributed by atoms with Crippen LogP contribution >= 0.6 is 11.8 Å². The van der Waals surface area contributed by atoms with E-state index < -0.39 is 5.97 Å². The summed E-state index contributed by atoms with van der Waals surface area (Å²) in [5.41, 5.74) is 1.60. The van der Waals surface area contributed by atoms with Crippen LogP contribution in [0.3, 0.4) is 0 Å². The van der Waals surface area contributed by atoms with Gasteiger partial charge in [0.1, 0.15) is 5.75 Å². The molecule has 0 atom stereocenters. The van der Waals surface area contributed by atoms with Gasteiger partial charge in [0.05, 0.1) is 12.7 Å². The Morgan fingerprint density at radius 1 is 1.00 bits per heavy atom. The summed E-state index contributed by atoms with van der Waals surface area (Å²) >= 11 is 1.48. The highest BCUT2D eigenvalue weighted by atomic mass is 32.2. The average Bonchev–Trinajstić information content (AvgIpc) is 2.77. The third-order valence-electron chi connectivity index (χ3n) is 4.72. The first-order valence-electron chi connectivity index (χ1n) is 9.09. The minimum atomic E-state index is -0.463. The number of carbonyl (C=O) groups is 2. The summed E-state index contributed by atoms with van der Waals surface area (Å²) in [6.07, 6.45) is 1.90. The van der Waals surface area contributed by atoms with Crippen molar-refractivity contribution in [2.24, 2.45) is 0 Å². The quantitative estimate of drug-likeness (QED) is 0.549. The van der Waals surface area contributed by atoms with Crippen molar-refractivity contribution in [3.8, 4) is 5.75 Å². The number of hydrogen-bond donors (Lipinski definition) is 0. The summed E-state index contributed by atoms with van der Waals surface area (Å²) in [6, 6.07) is 15.1. The third-order valence-corrected chi connectivity index (χ3v) is 5.52. The van der Waals surface area contributed by atoms with Gasteiger partial charge in [0, 0.05) is 36.8 Å². The Labute approximate surface area is 169 Å². The molecule has 2 aromatic rings. The van der Waals surface area contributed by atoms with Crippen LogP contribution in [0.1, 0.15) is 10.4 Å². The lowest BCUT2D eigenvalue weighted by molar-refractivity contribution is -0.134. The van der Waals surface area contributed by atoms with Gasteiger partial charge in [-0.05, 0) is 42.7 Å². The van der Waals surface area contributed by atoms with Gasteiger partial charge >= 0.3 is 5.97 Å². The Hall–Kier alpha value is -2.67. The fourth-order valence-corrected chi connectivity index (χ4v) is 3.70. The SMILES string of the molecule is COc1ccc(N2CCN(C(=O)COC(=O)c3ccccc3SC)CC2)cc1. The molecule has 0 aromatic heterocycles. The van der Waals surface area contributed by atoms with E-state index in [9.17, 15) is 9.59 Å². The molecular weight excluding hydrogens is 376 g/mol. The van der Waals surface area contributed by atoms with Gasteiger partial charge in [-0.1, -0.05) is 12.1 Å². The number of hydrogen-bond acceptors (Lipinski definition) is 6. The van der Waals surface area contributed by atoms with E-state index in [1.807, 2.05) is 42.7 Å². The van der Waals surface area contributed by atoms with Crippen molar-refractivity contribution in [3.63, 3.8) is 0 Å². The lowest BCUT2D eigenvalue weighted by Gasteiger charge is -2.36. The molecule has 0 unspecified atom stereocenters. The summed E-state index contributed by atoms with van der Waals surface area (Å²) < 4.78 is 10.4. The number of carbonyl (C=O) groups excluding carboxylic acids is 2. The van der Waals surface area contributed by atoms with E-state index in [-0.39, 0.29) is 12.5 Å². The molecule has 0 saturated carbocycles. The van der Waals surface area contributed by atoms with E-state index in [2.05, 4.69) is 4.90 Å². The van der Waals surface area contributed by atoms with Crippen LogP contribution < -0.4 is 9.64 Å². The zero-order valence-corrected chi connectivity index (χ0v) is 16.9. The highest BCUT2D eigenvalue weighted by Crippen LogP contribution is 2.22. The Kier molecular flexibility index (Phi) is 6.81. The molecule has 0 radical (unpaired) electrons. The van der Waals surface area contributed by atoms with Gasteiger partial charge in [-0.15, -0.1) is 11.8 Å². The van der Waals surface area contributed by atoms with Gasteiger partial charge < -0.3 is 19.3 Å². The molecule has 6 nitrogen and oxygen atoms in total. The minimum absolute atomic E-state index is 0.163. The number of anilines is 1. The molecular formula is C21H24N2O4S. The van der Waals surface area contributed by atoms with Gasteiger partial charge in [0.25, 0.3) is 5.91 Å². The molecule has 3 rings (SSSR count). The van der Waals surface area contributed by atoms with E-state index in [0.717, 1.165) is 29.4 Å². The maximum atomic E-state index is 12.4. The molecule has 0 N–H and O–H groups in total. The summed E-state index contributed by atoms with van der Waals surface area (Å²) in [7, 11) is 1.64. The average molecular weight is 401 g/mol. The van der Waals surface area contributed by atoms with Crippen LogP contribution in [-0.4, -0.2) is 62.9 Å². The van der Waals surface area contributed by atoms with E-state index in [4.69, 9.17) is 9.47 Å². The molecule has 1 amide bonds. The number of nitrogens with zero attached hydrogens (tertiary/aromatic N) is 2. The van der Waals surface area contributed by atoms with Crippen LogP contribution in [-0.2, 0) is 9.53 Å². The largest absolute Gasteiger partial charge is 0.497 e. The Balaban J connectivity index is 1.49. The Bertz CT molecular complexity index is 817. The second-order valence-corrected chi connectivity index (χ2v) is 7.19. The Morgan fingerprint density at radius 3 is 2.32 bits per heavy atom. The van der Waals surface area contributed by atoms with E-state index >= 15 is 0 Å². The number of ether oxygens (including phenoxy) is 2. The van der Waals surface area contributed by atoms with Crippen LogP contribution in [0.25, 0.3) is 0 Å². The van der Waals surface area contributed by atoms with Crippen molar-refractivity contribution in [1.82, 2.24) is 4.90 Å². The molecule has 0 aliphatic carbocycles. The second-order valence-electron chi connectivity index (χ2n) is 6.34. The van der Waals surface area contributed by atoms with E-state index in [1.165, 1.54) is 11.8 Å². The van der Waals surface area contributed by atoms with Crippen molar-refractivity contribution >= 4 is 29.3 Å². The third kappa shape index (κ3) is 4.78. The highest BCUT2D eigenvalue weighted by Gasteiger charge is 2.23. The first kappa shape index (κ1) is 20.1. The Morgan fingerprint density at radius 2 is 1.68 bits per heavy atom. The molecule has 1 saturated heterocycles. The van der Waals surface area contributed by atoms with Crippen LogP contribution in [0.4, 0.5) is 5.69 Å². The van der Waals surface area contributed by atoms with Crippen LogP contribution in [0, 0.1) is 0 Å². The topological polar surface area (TPSA) is 59.1 Å². The summed E-state index contributed by atoms with van der Waals surface area (Å²) in [4.78, 5) is 29.5. The zero-order valence-electron chi connectivity index (χ0n) is 16.1. The minimum Gasteiger partial charge on any atom is -0.497 e. The summed E-state index contributed by atoms with van der Waals surface area (Å²) in [5.74, 6) is 0.196. The van der Waals surface area contributed by atoms with Gasteiger partial charge in [0.15, 0.2) is 6.61 Å². The molecule has 1 heterocycles. The number of amides is 1.